The topological polar surface area (TPSA) is 55.8 Å². The van der Waals surface area contributed by atoms with Crippen molar-refractivity contribution in [2.45, 2.75) is 52.4 Å². The SMILES string of the molecule is CCCCc1cccc(OP(=O)(O)Oc2cccc(CCCC)c2)c1. The summed E-state index contributed by atoms with van der Waals surface area (Å²) >= 11 is 0. The van der Waals surface area contributed by atoms with Crippen LogP contribution in [0.3, 0.4) is 0 Å². The van der Waals surface area contributed by atoms with E-state index in [0.717, 1.165) is 49.7 Å². The zero-order valence-electron chi connectivity index (χ0n) is 15.0. The van der Waals surface area contributed by atoms with Crippen molar-refractivity contribution in [2.75, 3.05) is 0 Å². The van der Waals surface area contributed by atoms with Crippen LogP contribution >= 0.6 is 7.82 Å². The standard InChI is InChI=1S/C20H27O4P/c1-3-5-9-17-11-7-13-19(15-17)23-25(21,22)24-20-14-8-12-18(16-20)10-6-4-2/h7-8,11-16H,3-6,9-10H2,1-2H3,(H,21,22). The maximum atomic E-state index is 12.3. The molecule has 0 aliphatic heterocycles. The van der Waals surface area contributed by atoms with Crippen LogP contribution in [-0.4, -0.2) is 4.89 Å². The minimum Gasteiger partial charge on any atom is -0.395 e. The van der Waals surface area contributed by atoms with Crippen molar-refractivity contribution in [1.29, 1.82) is 0 Å². The Morgan fingerprint density at radius 2 is 1.28 bits per heavy atom. The minimum absolute atomic E-state index is 0.349. The number of hydrogen-bond acceptors (Lipinski definition) is 3. The summed E-state index contributed by atoms with van der Waals surface area (Å²) in [6.45, 7) is 4.26. The van der Waals surface area contributed by atoms with Crippen molar-refractivity contribution < 1.29 is 18.5 Å². The first-order chi connectivity index (χ1) is 12.0. The van der Waals surface area contributed by atoms with Gasteiger partial charge in [0.1, 0.15) is 11.5 Å². The lowest BCUT2D eigenvalue weighted by Crippen LogP contribution is -2.00. The van der Waals surface area contributed by atoms with Crippen LogP contribution < -0.4 is 9.05 Å². The van der Waals surface area contributed by atoms with Gasteiger partial charge in [-0.25, -0.2) is 4.57 Å². The second kappa shape index (κ2) is 9.65. The Hall–Kier alpha value is -1.77. The highest BCUT2D eigenvalue weighted by molar-refractivity contribution is 7.48. The molecule has 0 saturated carbocycles. The van der Waals surface area contributed by atoms with Crippen molar-refractivity contribution >= 4 is 7.82 Å². The molecule has 0 amide bonds. The number of unbranched alkanes of at least 4 members (excludes halogenated alkanes) is 2. The summed E-state index contributed by atoms with van der Waals surface area (Å²) in [5.74, 6) is 0.697. The van der Waals surface area contributed by atoms with Crippen molar-refractivity contribution in [3.05, 3.63) is 59.7 Å². The molecule has 0 aliphatic carbocycles. The molecule has 136 valence electrons. The van der Waals surface area contributed by atoms with Crippen LogP contribution in [0.5, 0.6) is 11.5 Å². The Morgan fingerprint density at radius 3 is 1.68 bits per heavy atom. The molecule has 0 heterocycles. The van der Waals surface area contributed by atoms with Gasteiger partial charge in [0.15, 0.2) is 0 Å². The van der Waals surface area contributed by atoms with E-state index in [1.807, 2.05) is 24.3 Å². The van der Waals surface area contributed by atoms with Gasteiger partial charge in [0.05, 0.1) is 0 Å². The maximum absolute atomic E-state index is 12.3. The molecule has 2 rings (SSSR count). The van der Waals surface area contributed by atoms with E-state index in [0.29, 0.717) is 11.5 Å². The largest absolute Gasteiger partial charge is 0.584 e. The van der Waals surface area contributed by atoms with E-state index in [1.54, 1.807) is 24.3 Å². The molecule has 2 aromatic carbocycles. The number of phosphoric ester groups is 1. The normalized spacial score (nSPS) is 11.3. The average Bonchev–Trinajstić information content (AvgIpc) is 2.58. The Kier molecular flexibility index (Phi) is 7.54. The highest BCUT2D eigenvalue weighted by Gasteiger charge is 2.25. The highest BCUT2D eigenvalue weighted by atomic mass is 31.2. The molecular weight excluding hydrogens is 335 g/mol. The lowest BCUT2D eigenvalue weighted by atomic mass is 10.1. The summed E-state index contributed by atoms with van der Waals surface area (Å²) in [6, 6.07) is 14.5. The van der Waals surface area contributed by atoms with Crippen molar-refractivity contribution in [3.8, 4) is 11.5 Å². The molecule has 2 aromatic rings. The summed E-state index contributed by atoms with van der Waals surface area (Å²) in [6.07, 6.45) is 6.18. The van der Waals surface area contributed by atoms with Gasteiger partial charge in [-0.2, -0.15) is 0 Å². The summed E-state index contributed by atoms with van der Waals surface area (Å²) in [7, 11) is -4.23. The van der Waals surface area contributed by atoms with Crippen LogP contribution in [0, 0.1) is 0 Å². The summed E-state index contributed by atoms with van der Waals surface area (Å²) in [5, 5.41) is 0. The van der Waals surface area contributed by atoms with Crippen LogP contribution in [0.4, 0.5) is 0 Å². The van der Waals surface area contributed by atoms with E-state index < -0.39 is 7.82 Å². The smallest absolute Gasteiger partial charge is 0.395 e. The number of hydrogen-bond donors (Lipinski definition) is 1. The van der Waals surface area contributed by atoms with Crippen LogP contribution in [0.25, 0.3) is 0 Å². The first kappa shape index (κ1) is 19.6. The lowest BCUT2D eigenvalue weighted by Gasteiger charge is -2.15. The van der Waals surface area contributed by atoms with Gasteiger partial charge in [-0.3, -0.25) is 4.89 Å². The van der Waals surface area contributed by atoms with E-state index in [-0.39, 0.29) is 0 Å². The van der Waals surface area contributed by atoms with E-state index in [4.69, 9.17) is 9.05 Å². The Balaban J connectivity index is 2.03. The zero-order valence-corrected chi connectivity index (χ0v) is 15.9. The molecule has 4 nitrogen and oxygen atoms in total. The van der Waals surface area contributed by atoms with Crippen LogP contribution in [0.1, 0.15) is 50.7 Å². The average molecular weight is 362 g/mol. The molecular formula is C20H27O4P. The van der Waals surface area contributed by atoms with Crippen molar-refractivity contribution in [1.82, 2.24) is 0 Å². The second-order valence-corrected chi connectivity index (χ2v) is 7.46. The van der Waals surface area contributed by atoms with E-state index in [2.05, 4.69) is 13.8 Å². The fourth-order valence-corrected chi connectivity index (χ4v) is 3.36. The van der Waals surface area contributed by atoms with E-state index in [1.165, 1.54) is 0 Å². The number of rotatable bonds is 10. The third kappa shape index (κ3) is 6.93. The molecule has 0 fully saturated rings. The van der Waals surface area contributed by atoms with Gasteiger partial charge in [-0.1, -0.05) is 51.0 Å². The first-order valence-corrected chi connectivity index (χ1v) is 10.4. The quantitative estimate of drug-likeness (QED) is 0.532. The maximum Gasteiger partial charge on any atom is 0.584 e. The van der Waals surface area contributed by atoms with Gasteiger partial charge < -0.3 is 9.05 Å². The van der Waals surface area contributed by atoms with Gasteiger partial charge in [0.25, 0.3) is 0 Å². The molecule has 0 spiro atoms. The molecule has 0 radical (unpaired) electrons. The third-order valence-corrected chi connectivity index (χ3v) is 4.76. The summed E-state index contributed by atoms with van der Waals surface area (Å²) in [4.78, 5) is 10.1. The molecule has 0 aromatic heterocycles. The second-order valence-electron chi connectivity index (χ2n) is 6.15. The van der Waals surface area contributed by atoms with Gasteiger partial charge in [-0.05, 0) is 61.1 Å². The molecule has 0 saturated heterocycles. The first-order valence-electron chi connectivity index (χ1n) is 8.92. The van der Waals surface area contributed by atoms with E-state index >= 15 is 0 Å². The van der Waals surface area contributed by atoms with Gasteiger partial charge >= 0.3 is 7.82 Å². The molecule has 1 N–H and O–H groups in total. The predicted molar refractivity (Wildman–Crippen MR) is 101 cm³/mol. The van der Waals surface area contributed by atoms with Gasteiger partial charge in [-0.15, -0.1) is 0 Å². The fourth-order valence-electron chi connectivity index (χ4n) is 2.56. The molecule has 0 atom stereocenters. The third-order valence-electron chi connectivity index (χ3n) is 3.88. The lowest BCUT2D eigenvalue weighted by molar-refractivity contribution is 0.291. The number of phosphoric acid groups is 1. The highest BCUT2D eigenvalue weighted by Crippen LogP contribution is 2.44. The van der Waals surface area contributed by atoms with Crippen LogP contribution in [-0.2, 0) is 17.4 Å². The number of aryl methyl sites for hydroxylation is 2. The Morgan fingerprint density at radius 1 is 0.840 bits per heavy atom. The van der Waals surface area contributed by atoms with Crippen molar-refractivity contribution in [3.63, 3.8) is 0 Å². The summed E-state index contributed by atoms with van der Waals surface area (Å²) < 4.78 is 22.8. The predicted octanol–water partition coefficient (Wildman–Crippen LogP) is 5.93. The Bertz CT molecular complexity index is 657. The molecule has 25 heavy (non-hydrogen) atoms. The molecule has 5 heteroatoms. The fraction of sp³-hybridized carbons (Fsp3) is 0.400. The van der Waals surface area contributed by atoms with Crippen LogP contribution in [0.2, 0.25) is 0 Å². The number of benzene rings is 2. The monoisotopic (exact) mass is 362 g/mol. The van der Waals surface area contributed by atoms with Gasteiger partial charge in [0, 0.05) is 0 Å². The van der Waals surface area contributed by atoms with Crippen LogP contribution in [0.15, 0.2) is 48.5 Å². The summed E-state index contributed by atoms with van der Waals surface area (Å²) in [5.41, 5.74) is 2.17. The Labute approximate surface area is 150 Å². The van der Waals surface area contributed by atoms with Gasteiger partial charge in [0.2, 0.25) is 0 Å². The van der Waals surface area contributed by atoms with Crippen molar-refractivity contribution in [2.24, 2.45) is 0 Å². The molecule has 0 unspecified atom stereocenters. The zero-order chi connectivity index (χ0) is 18.1. The molecule has 0 bridgehead atoms. The molecule has 0 aliphatic rings. The minimum atomic E-state index is -4.23. The van der Waals surface area contributed by atoms with E-state index in [9.17, 15) is 9.46 Å².